The topological polar surface area (TPSA) is 127 Å². The van der Waals surface area contributed by atoms with E-state index in [9.17, 15) is 13.6 Å². The lowest BCUT2D eigenvalue weighted by Gasteiger charge is -2.14. The van der Waals surface area contributed by atoms with Gasteiger partial charge in [0.15, 0.2) is 11.5 Å². The number of anilines is 2. The zero-order chi connectivity index (χ0) is 22.2. The number of aromatic amines is 1. The molecule has 0 fully saturated rings. The summed E-state index contributed by atoms with van der Waals surface area (Å²) in [5.74, 6) is -0.769. The number of benzene rings is 2. The van der Waals surface area contributed by atoms with E-state index >= 15 is 0 Å². The number of fused-ring (bicyclic) bond motifs is 2. The standard InChI is InChI=1S/C21H16F2N8O/c22-11-7-12(23)9-13(8-11)31-16(28-15-4-2-1-3-14(15)20(31)32)5-6-25-18-17-19(27-10-26-17)30-21(24)29-18/h1-4,7-10H,5-6H2,(H4,24,25,26,27,29,30). The Morgan fingerprint density at radius 2 is 1.84 bits per heavy atom. The molecule has 0 saturated carbocycles. The molecule has 5 rings (SSSR count). The van der Waals surface area contributed by atoms with E-state index < -0.39 is 17.2 Å². The van der Waals surface area contributed by atoms with Gasteiger partial charge in [-0.2, -0.15) is 9.97 Å². The number of para-hydroxylation sites is 1. The molecule has 0 unspecified atom stereocenters. The summed E-state index contributed by atoms with van der Waals surface area (Å²) in [5.41, 5.74) is 6.86. The number of H-pyrrole nitrogens is 1. The van der Waals surface area contributed by atoms with Gasteiger partial charge in [0.25, 0.3) is 5.56 Å². The average molecular weight is 434 g/mol. The van der Waals surface area contributed by atoms with Gasteiger partial charge in [0, 0.05) is 19.0 Å². The van der Waals surface area contributed by atoms with E-state index in [2.05, 4.69) is 30.2 Å². The molecule has 2 aromatic carbocycles. The molecule has 5 aromatic rings. The lowest BCUT2D eigenvalue weighted by Crippen LogP contribution is -2.25. The minimum absolute atomic E-state index is 0.0572. The number of halogens is 2. The highest BCUT2D eigenvalue weighted by Gasteiger charge is 2.15. The minimum Gasteiger partial charge on any atom is -0.368 e. The van der Waals surface area contributed by atoms with Gasteiger partial charge in [-0.3, -0.25) is 9.36 Å². The van der Waals surface area contributed by atoms with Crippen LogP contribution >= 0.6 is 0 Å². The molecule has 0 bridgehead atoms. The highest BCUT2D eigenvalue weighted by molar-refractivity contribution is 5.83. The maximum Gasteiger partial charge on any atom is 0.265 e. The summed E-state index contributed by atoms with van der Waals surface area (Å²) in [7, 11) is 0. The van der Waals surface area contributed by atoms with Crippen LogP contribution in [0.3, 0.4) is 0 Å². The van der Waals surface area contributed by atoms with Gasteiger partial charge in [0.05, 0.1) is 22.9 Å². The Balaban J connectivity index is 1.55. The Morgan fingerprint density at radius 1 is 1.06 bits per heavy atom. The zero-order valence-electron chi connectivity index (χ0n) is 16.5. The summed E-state index contributed by atoms with van der Waals surface area (Å²) in [6.45, 7) is 0.293. The molecule has 4 N–H and O–H groups in total. The lowest BCUT2D eigenvalue weighted by atomic mass is 10.2. The van der Waals surface area contributed by atoms with Crippen molar-refractivity contribution in [3.8, 4) is 5.69 Å². The summed E-state index contributed by atoms with van der Waals surface area (Å²) in [6, 6.07) is 9.74. The van der Waals surface area contributed by atoms with Gasteiger partial charge >= 0.3 is 0 Å². The molecular formula is C21H16F2N8O. The van der Waals surface area contributed by atoms with Gasteiger partial charge < -0.3 is 16.0 Å². The molecule has 11 heteroatoms. The molecule has 0 aliphatic rings. The van der Waals surface area contributed by atoms with Crippen molar-refractivity contribution in [3.63, 3.8) is 0 Å². The molecule has 0 amide bonds. The quantitative estimate of drug-likeness (QED) is 0.388. The summed E-state index contributed by atoms with van der Waals surface area (Å²) in [6.07, 6.45) is 1.72. The number of rotatable bonds is 5. The van der Waals surface area contributed by atoms with Crippen molar-refractivity contribution in [3.05, 3.63) is 76.6 Å². The van der Waals surface area contributed by atoms with Gasteiger partial charge in [-0.25, -0.2) is 18.7 Å². The van der Waals surface area contributed by atoms with Crippen LogP contribution in [0.4, 0.5) is 20.5 Å². The SMILES string of the molecule is Nc1nc(NCCc2nc3ccccc3c(=O)n2-c2cc(F)cc(F)c2)c2nc[nH]c2n1. The molecule has 0 aliphatic heterocycles. The van der Waals surface area contributed by atoms with E-state index in [0.717, 1.165) is 18.2 Å². The van der Waals surface area contributed by atoms with Crippen LogP contribution in [0.15, 0.2) is 53.6 Å². The Morgan fingerprint density at radius 3 is 2.66 bits per heavy atom. The highest BCUT2D eigenvalue weighted by atomic mass is 19.1. The van der Waals surface area contributed by atoms with Gasteiger partial charge in [-0.15, -0.1) is 0 Å². The van der Waals surface area contributed by atoms with Crippen LogP contribution in [0.5, 0.6) is 0 Å². The maximum absolute atomic E-state index is 13.9. The smallest absolute Gasteiger partial charge is 0.265 e. The van der Waals surface area contributed by atoms with Crippen molar-refractivity contribution in [2.75, 3.05) is 17.6 Å². The summed E-state index contributed by atoms with van der Waals surface area (Å²) >= 11 is 0. The summed E-state index contributed by atoms with van der Waals surface area (Å²) in [5, 5.41) is 3.46. The number of nitrogens with one attached hydrogen (secondary N) is 2. The van der Waals surface area contributed by atoms with Crippen molar-refractivity contribution in [1.82, 2.24) is 29.5 Å². The molecule has 32 heavy (non-hydrogen) atoms. The maximum atomic E-state index is 13.9. The highest BCUT2D eigenvalue weighted by Crippen LogP contribution is 2.19. The second kappa shape index (κ2) is 7.69. The monoisotopic (exact) mass is 434 g/mol. The van der Waals surface area contributed by atoms with Gasteiger partial charge in [-0.05, 0) is 24.3 Å². The Kier molecular flexibility index (Phi) is 4.70. The van der Waals surface area contributed by atoms with E-state index in [4.69, 9.17) is 5.73 Å². The first kappa shape index (κ1) is 19.5. The molecule has 9 nitrogen and oxygen atoms in total. The second-order valence-corrected chi connectivity index (χ2v) is 7.02. The van der Waals surface area contributed by atoms with Crippen molar-refractivity contribution >= 4 is 33.8 Å². The average Bonchev–Trinajstić information content (AvgIpc) is 3.21. The van der Waals surface area contributed by atoms with Gasteiger partial charge in [-0.1, -0.05) is 12.1 Å². The molecule has 0 saturated heterocycles. The van der Waals surface area contributed by atoms with Crippen LogP contribution in [0.25, 0.3) is 27.8 Å². The fraction of sp³-hybridized carbons (Fsp3) is 0.0952. The number of aromatic nitrogens is 6. The van der Waals surface area contributed by atoms with Crippen LogP contribution in [0.1, 0.15) is 5.82 Å². The van der Waals surface area contributed by atoms with Crippen molar-refractivity contribution in [2.45, 2.75) is 6.42 Å². The first-order valence-corrected chi connectivity index (χ1v) is 9.67. The number of hydrogen-bond acceptors (Lipinski definition) is 7. The number of imidazole rings is 1. The van der Waals surface area contributed by atoms with Crippen molar-refractivity contribution in [1.29, 1.82) is 0 Å². The van der Waals surface area contributed by atoms with Crippen LogP contribution in [0.2, 0.25) is 0 Å². The molecular weight excluding hydrogens is 418 g/mol. The van der Waals surface area contributed by atoms with Crippen LogP contribution < -0.4 is 16.6 Å². The van der Waals surface area contributed by atoms with E-state index in [0.29, 0.717) is 40.3 Å². The normalized spacial score (nSPS) is 11.3. The van der Waals surface area contributed by atoms with Crippen molar-refractivity contribution in [2.24, 2.45) is 0 Å². The third kappa shape index (κ3) is 3.49. The second-order valence-electron chi connectivity index (χ2n) is 7.02. The number of nitrogen functional groups attached to an aromatic ring is 1. The Hall–Kier alpha value is -4.41. The molecule has 0 radical (unpaired) electrons. The van der Waals surface area contributed by atoms with Crippen LogP contribution in [-0.4, -0.2) is 36.0 Å². The van der Waals surface area contributed by atoms with E-state index in [1.165, 1.54) is 10.9 Å². The van der Waals surface area contributed by atoms with Gasteiger partial charge in [0.1, 0.15) is 23.0 Å². The molecule has 3 heterocycles. The largest absolute Gasteiger partial charge is 0.368 e. The first-order valence-electron chi connectivity index (χ1n) is 9.67. The number of nitrogens with zero attached hydrogens (tertiary/aromatic N) is 5. The van der Waals surface area contributed by atoms with E-state index in [-0.39, 0.29) is 18.1 Å². The Bertz CT molecular complexity index is 1510. The van der Waals surface area contributed by atoms with Crippen molar-refractivity contribution < 1.29 is 8.78 Å². The molecule has 3 aromatic heterocycles. The predicted octanol–water partition coefficient (Wildman–Crippen LogP) is 2.57. The first-order chi connectivity index (χ1) is 15.5. The number of nitrogens with two attached hydrogens (primary N) is 1. The van der Waals surface area contributed by atoms with E-state index in [1.54, 1.807) is 24.3 Å². The third-order valence-corrected chi connectivity index (χ3v) is 4.89. The molecule has 0 aliphatic carbocycles. The molecule has 160 valence electrons. The fourth-order valence-electron chi connectivity index (χ4n) is 3.55. The lowest BCUT2D eigenvalue weighted by molar-refractivity contribution is 0.580. The van der Waals surface area contributed by atoms with Gasteiger partial charge in [0.2, 0.25) is 5.95 Å². The summed E-state index contributed by atoms with van der Waals surface area (Å²) < 4.78 is 29.0. The zero-order valence-corrected chi connectivity index (χ0v) is 16.5. The van der Waals surface area contributed by atoms with Crippen LogP contribution in [0, 0.1) is 11.6 Å². The minimum atomic E-state index is -0.790. The molecule has 0 atom stereocenters. The summed E-state index contributed by atoms with van der Waals surface area (Å²) in [4.78, 5) is 33.0. The Labute approximate surface area is 179 Å². The fourth-order valence-corrected chi connectivity index (χ4v) is 3.55. The third-order valence-electron chi connectivity index (χ3n) is 4.89. The van der Waals surface area contributed by atoms with Crippen LogP contribution in [-0.2, 0) is 6.42 Å². The predicted molar refractivity (Wildman–Crippen MR) is 116 cm³/mol. The van der Waals surface area contributed by atoms with E-state index in [1.807, 2.05) is 0 Å². The molecule has 0 spiro atoms. The number of hydrogen-bond donors (Lipinski definition) is 3.